The fourth-order valence-electron chi connectivity index (χ4n) is 3.57. The van der Waals surface area contributed by atoms with Crippen molar-refractivity contribution in [1.82, 2.24) is 5.16 Å². The Morgan fingerprint density at radius 3 is 2.09 bits per heavy atom. The maximum Gasteiger partial charge on any atom is 0.306 e. The van der Waals surface area contributed by atoms with Gasteiger partial charge in [0, 0.05) is 16.9 Å². The first-order valence-corrected chi connectivity index (χ1v) is 12.7. The van der Waals surface area contributed by atoms with Crippen LogP contribution in [0.15, 0.2) is 89.5 Å². The SMILES string of the molecule is Cc1noc(-c2ccc(-c3ccccc3)cc2)c1CSCCc1ccccc1.O=C(O)C1CC1. The number of aliphatic carboxylic acids is 1. The topological polar surface area (TPSA) is 63.3 Å². The predicted octanol–water partition coefficient (Wildman–Crippen LogP) is 7.27. The highest BCUT2D eigenvalue weighted by Crippen LogP contribution is 2.31. The van der Waals surface area contributed by atoms with E-state index in [0.717, 1.165) is 47.8 Å². The largest absolute Gasteiger partial charge is 0.481 e. The number of nitrogens with zero attached hydrogens (tertiary/aromatic N) is 1. The lowest BCUT2D eigenvalue weighted by Crippen LogP contribution is -1.94. The fourth-order valence-corrected chi connectivity index (χ4v) is 4.64. The van der Waals surface area contributed by atoms with Crippen LogP contribution in [0.4, 0.5) is 0 Å². The molecule has 1 saturated carbocycles. The lowest BCUT2D eigenvalue weighted by Gasteiger charge is -2.06. The van der Waals surface area contributed by atoms with Crippen LogP contribution in [0, 0.1) is 12.8 Å². The molecule has 1 fully saturated rings. The van der Waals surface area contributed by atoms with Gasteiger partial charge in [-0.05, 0) is 48.6 Å². The second-order valence-corrected chi connectivity index (χ2v) is 9.52. The quantitative estimate of drug-likeness (QED) is 0.274. The summed E-state index contributed by atoms with van der Waals surface area (Å²) in [4.78, 5) is 9.76. The molecule has 1 aliphatic carbocycles. The minimum atomic E-state index is -0.630. The maximum atomic E-state index is 9.76. The average Bonchev–Trinajstić information content (AvgIpc) is 3.67. The van der Waals surface area contributed by atoms with Gasteiger partial charge in [-0.2, -0.15) is 11.8 Å². The van der Waals surface area contributed by atoms with E-state index in [2.05, 4.69) is 84.0 Å². The number of benzene rings is 3. The van der Waals surface area contributed by atoms with Crippen molar-refractivity contribution in [2.45, 2.75) is 31.9 Å². The zero-order valence-corrected chi connectivity index (χ0v) is 20.1. The first kappa shape index (κ1) is 23.8. The van der Waals surface area contributed by atoms with E-state index >= 15 is 0 Å². The van der Waals surface area contributed by atoms with E-state index in [9.17, 15) is 4.79 Å². The summed E-state index contributed by atoms with van der Waals surface area (Å²) in [6.45, 7) is 2.03. The Labute approximate surface area is 205 Å². The summed E-state index contributed by atoms with van der Waals surface area (Å²) in [5, 5.41) is 12.3. The Kier molecular flexibility index (Phi) is 8.21. The smallest absolute Gasteiger partial charge is 0.306 e. The molecule has 0 atom stereocenters. The number of rotatable bonds is 8. The fraction of sp³-hybridized carbons (Fsp3) is 0.241. The van der Waals surface area contributed by atoms with Gasteiger partial charge in [-0.25, -0.2) is 0 Å². The van der Waals surface area contributed by atoms with Gasteiger partial charge in [-0.3, -0.25) is 4.79 Å². The molecule has 1 heterocycles. The molecule has 1 aromatic heterocycles. The molecule has 5 rings (SSSR count). The number of thioether (sulfide) groups is 1. The molecule has 1 aliphatic rings. The molecule has 3 aromatic carbocycles. The molecule has 0 unspecified atom stereocenters. The Bertz CT molecular complexity index is 1180. The Morgan fingerprint density at radius 2 is 1.50 bits per heavy atom. The van der Waals surface area contributed by atoms with Crippen molar-refractivity contribution in [2.75, 3.05) is 5.75 Å². The molecule has 34 heavy (non-hydrogen) atoms. The van der Waals surface area contributed by atoms with Gasteiger partial charge in [0.1, 0.15) is 0 Å². The lowest BCUT2D eigenvalue weighted by atomic mass is 10.0. The van der Waals surface area contributed by atoms with Crippen LogP contribution in [0.1, 0.15) is 29.7 Å². The van der Waals surface area contributed by atoms with Gasteiger partial charge in [0.25, 0.3) is 0 Å². The third-order valence-corrected chi connectivity index (χ3v) is 6.78. The molecule has 4 nitrogen and oxygen atoms in total. The highest BCUT2D eigenvalue weighted by atomic mass is 32.2. The molecule has 0 radical (unpaired) electrons. The zero-order valence-electron chi connectivity index (χ0n) is 19.3. The third-order valence-electron chi connectivity index (χ3n) is 5.79. The molecule has 5 heteroatoms. The summed E-state index contributed by atoms with van der Waals surface area (Å²) < 4.78 is 5.68. The summed E-state index contributed by atoms with van der Waals surface area (Å²) in [6, 6.07) is 29.6. The number of hydrogen-bond acceptors (Lipinski definition) is 4. The van der Waals surface area contributed by atoms with Gasteiger partial charge in [0.2, 0.25) is 0 Å². The van der Waals surface area contributed by atoms with Crippen molar-refractivity contribution in [1.29, 1.82) is 0 Å². The summed E-state index contributed by atoms with van der Waals surface area (Å²) in [6.07, 6.45) is 2.88. The third kappa shape index (κ3) is 6.61. The van der Waals surface area contributed by atoms with Crippen LogP contribution < -0.4 is 0 Å². The number of carboxylic acid groups (broad SMARTS) is 1. The summed E-state index contributed by atoms with van der Waals surface area (Å²) in [7, 11) is 0. The van der Waals surface area contributed by atoms with Crippen LogP contribution in [-0.2, 0) is 17.0 Å². The minimum absolute atomic E-state index is 0.0185. The molecular weight excluding hydrogens is 442 g/mol. The molecular formula is C29H29NO3S. The van der Waals surface area contributed by atoms with Crippen molar-refractivity contribution in [3.8, 4) is 22.5 Å². The molecule has 0 spiro atoms. The van der Waals surface area contributed by atoms with Gasteiger partial charge in [0.15, 0.2) is 5.76 Å². The molecule has 1 N–H and O–H groups in total. The monoisotopic (exact) mass is 471 g/mol. The van der Waals surface area contributed by atoms with E-state index in [4.69, 9.17) is 9.63 Å². The second-order valence-electron chi connectivity index (χ2n) is 8.42. The number of carboxylic acids is 1. The van der Waals surface area contributed by atoms with E-state index in [-0.39, 0.29) is 5.92 Å². The molecule has 4 aromatic rings. The normalized spacial score (nSPS) is 12.6. The number of carbonyl (C=O) groups is 1. The molecule has 0 saturated heterocycles. The predicted molar refractivity (Wildman–Crippen MR) is 139 cm³/mol. The van der Waals surface area contributed by atoms with Crippen LogP contribution in [0.3, 0.4) is 0 Å². The Hall–Kier alpha value is -3.31. The van der Waals surface area contributed by atoms with Crippen molar-refractivity contribution < 1.29 is 14.4 Å². The summed E-state index contributed by atoms with van der Waals surface area (Å²) >= 11 is 1.93. The van der Waals surface area contributed by atoms with Crippen LogP contribution in [-0.4, -0.2) is 22.0 Å². The van der Waals surface area contributed by atoms with Gasteiger partial charge >= 0.3 is 5.97 Å². The van der Waals surface area contributed by atoms with E-state index < -0.39 is 5.97 Å². The molecule has 0 bridgehead atoms. The standard InChI is InChI=1S/C25H23NOS.C4H6O2/c1-19-24(18-28-17-16-20-8-4-2-5-9-20)25(27-26-19)23-14-12-22(13-15-23)21-10-6-3-7-11-21;5-4(6)3-1-2-3/h2-15H,16-18H2,1H3;3H,1-2H2,(H,5,6). The van der Waals surface area contributed by atoms with Crippen LogP contribution in [0.5, 0.6) is 0 Å². The number of aromatic nitrogens is 1. The van der Waals surface area contributed by atoms with E-state index in [1.165, 1.54) is 22.3 Å². The summed E-state index contributed by atoms with van der Waals surface area (Å²) in [5.74, 6) is 2.28. The van der Waals surface area contributed by atoms with Crippen molar-refractivity contribution >= 4 is 17.7 Å². The minimum Gasteiger partial charge on any atom is -0.481 e. The molecule has 174 valence electrons. The first-order chi connectivity index (χ1) is 16.6. The zero-order chi connectivity index (χ0) is 23.8. The van der Waals surface area contributed by atoms with Gasteiger partial charge in [-0.15, -0.1) is 0 Å². The lowest BCUT2D eigenvalue weighted by molar-refractivity contribution is -0.138. The van der Waals surface area contributed by atoms with E-state index in [1.807, 2.05) is 24.8 Å². The number of aryl methyl sites for hydroxylation is 2. The van der Waals surface area contributed by atoms with E-state index in [1.54, 1.807) is 0 Å². The van der Waals surface area contributed by atoms with Gasteiger partial charge < -0.3 is 9.63 Å². The highest BCUT2D eigenvalue weighted by Gasteiger charge is 2.28. The van der Waals surface area contributed by atoms with Gasteiger partial charge in [-0.1, -0.05) is 90.1 Å². The van der Waals surface area contributed by atoms with Crippen molar-refractivity contribution in [3.63, 3.8) is 0 Å². The Morgan fingerprint density at radius 1 is 0.912 bits per heavy atom. The summed E-state index contributed by atoms with van der Waals surface area (Å²) in [5.41, 5.74) is 7.08. The van der Waals surface area contributed by atoms with E-state index in [0.29, 0.717) is 0 Å². The molecule has 0 amide bonds. The molecule has 0 aliphatic heterocycles. The van der Waals surface area contributed by atoms with Crippen molar-refractivity contribution in [2.24, 2.45) is 5.92 Å². The number of hydrogen-bond donors (Lipinski definition) is 1. The maximum absolute atomic E-state index is 9.76. The van der Waals surface area contributed by atoms with Gasteiger partial charge in [0.05, 0.1) is 11.6 Å². The highest BCUT2D eigenvalue weighted by molar-refractivity contribution is 7.98. The van der Waals surface area contributed by atoms with Crippen LogP contribution in [0.2, 0.25) is 0 Å². The average molecular weight is 472 g/mol. The van der Waals surface area contributed by atoms with Crippen molar-refractivity contribution in [3.05, 3.63) is 102 Å². The van der Waals surface area contributed by atoms with Crippen LogP contribution in [0.25, 0.3) is 22.5 Å². The van der Waals surface area contributed by atoms with Crippen LogP contribution >= 0.6 is 11.8 Å². The Balaban J connectivity index is 0.000000398. The first-order valence-electron chi connectivity index (χ1n) is 11.6. The second kappa shape index (κ2) is 11.7.